The second kappa shape index (κ2) is 8.19. The largest absolute Gasteiger partial charge is 0.497 e. The standard InChI is InChI=1S/C18H17F2N5O/c1-26-14-4-2-3-12(9-14)7-8-21-18-24-17(11-22-25-18)23-16-6-5-13(19)10-15(16)20/h2-6,9-11H,7-8H2,1H3,(H2,21,23,24,25). The van der Waals surface area contributed by atoms with Crippen LogP contribution in [0.5, 0.6) is 5.75 Å². The van der Waals surface area contributed by atoms with E-state index < -0.39 is 11.6 Å². The Bertz CT molecular complexity index is 891. The minimum Gasteiger partial charge on any atom is -0.497 e. The van der Waals surface area contributed by atoms with Crippen LogP contribution in [0.2, 0.25) is 0 Å². The fourth-order valence-electron chi connectivity index (χ4n) is 2.31. The molecule has 1 heterocycles. The highest BCUT2D eigenvalue weighted by atomic mass is 19.1. The molecule has 2 aromatic carbocycles. The minimum atomic E-state index is -0.712. The lowest BCUT2D eigenvalue weighted by atomic mass is 10.1. The number of rotatable bonds is 7. The van der Waals surface area contributed by atoms with E-state index in [0.29, 0.717) is 18.3 Å². The van der Waals surface area contributed by atoms with Crippen molar-refractivity contribution in [2.24, 2.45) is 0 Å². The van der Waals surface area contributed by atoms with Gasteiger partial charge in [-0.2, -0.15) is 10.1 Å². The maximum Gasteiger partial charge on any atom is 0.244 e. The van der Waals surface area contributed by atoms with Crippen LogP contribution in [0.1, 0.15) is 5.56 Å². The Balaban J connectivity index is 1.60. The molecule has 0 spiro atoms. The van der Waals surface area contributed by atoms with Gasteiger partial charge in [-0.05, 0) is 36.2 Å². The van der Waals surface area contributed by atoms with E-state index >= 15 is 0 Å². The highest BCUT2D eigenvalue weighted by Crippen LogP contribution is 2.19. The van der Waals surface area contributed by atoms with Crippen molar-refractivity contribution >= 4 is 17.5 Å². The molecule has 0 aliphatic heterocycles. The number of benzene rings is 2. The number of aromatic nitrogens is 3. The fourth-order valence-corrected chi connectivity index (χ4v) is 2.31. The van der Waals surface area contributed by atoms with Crippen LogP contribution in [0.4, 0.5) is 26.2 Å². The smallest absolute Gasteiger partial charge is 0.244 e. The van der Waals surface area contributed by atoms with Gasteiger partial charge < -0.3 is 15.4 Å². The van der Waals surface area contributed by atoms with E-state index in [0.717, 1.165) is 29.9 Å². The van der Waals surface area contributed by atoms with Gasteiger partial charge in [-0.25, -0.2) is 8.78 Å². The van der Waals surface area contributed by atoms with E-state index in [1.54, 1.807) is 7.11 Å². The van der Waals surface area contributed by atoms with Crippen LogP contribution >= 0.6 is 0 Å². The summed E-state index contributed by atoms with van der Waals surface area (Å²) in [4.78, 5) is 4.22. The Morgan fingerprint density at radius 2 is 2.00 bits per heavy atom. The lowest BCUT2D eigenvalue weighted by molar-refractivity contribution is 0.414. The average Bonchev–Trinajstić information content (AvgIpc) is 2.65. The summed E-state index contributed by atoms with van der Waals surface area (Å²) in [5, 5.41) is 13.5. The molecule has 3 aromatic rings. The SMILES string of the molecule is COc1cccc(CCNc2nncc(Nc3ccc(F)cc3F)n2)c1. The summed E-state index contributed by atoms with van der Waals surface area (Å²) in [6.07, 6.45) is 2.10. The Labute approximate surface area is 149 Å². The van der Waals surface area contributed by atoms with Gasteiger partial charge in [0.05, 0.1) is 19.0 Å². The van der Waals surface area contributed by atoms with Crippen molar-refractivity contribution in [1.29, 1.82) is 0 Å². The zero-order chi connectivity index (χ0) is 18.4. The predicted octanol–water partition coefficient (Wildman–Crippen LogP) is 3.56. The molecule has 0 aliphatic rings. The summed E-state index contributed by atoms with van der Waals surface area (Å²) in [6.45, 7) is 0.587. The molecule has 1 aromatic heterocycles. The first-order chi connectivity index (χ1) is 12.6. The number of methoxy groups -OCH3 is 1. The van der Waals surface area contributed by atoms with Gasteiger partial charge in [0, 0.05) is 12.6 Å². The summed E-state index contributed by atoms with van der Waals surface area (Å²) in [6, 6.07) is 11.0. The van der Waals surface area contributed by atoms with Gasteiger partial charge in [0.25, 0.3) is 0 Å². The molecule has 26 heavy (non-hydrogen) atoms. The lowest BCUT2D eigenvalue weighted by Crippen LogP contribution is -2.10. The molecule has 0 amide bonds. The van der Waals surface area contributed by atoms with Gasteiger partial charge in [0.15, 0.2) is 5.82 Å². The molecule has 8 heteroatoms. The second-order valence-corrected chi connectivity index (χ2v) is 5.44. The summed E-state index contributed by atoms with van der Waals surface area (Å²) >= 11 is 0. The summed E-state index contributed by atoms with van der Waals surface area (Å²) in [5.41, 5.74) is 1.21. The van der Waals surface area contributed by atoms with E-state index in [4.69, 9.17) is 4.74 Å². The van der Waals surface area contributed by atoms with Crippen LogP contribution in [0, 0.1) is 11.6 Å². The first-order valence-corrected chi connectivity index (χ1v) is 7.92. The van der Waals surface area contributed by atoms with Crippen LogP contribution in [-0.4, -0.2) is 28.8 Å². The maximum atomic E-state index is 13.7. The molecular formula is C18H17F2N5O. The summed E-state index contributed by atoms with van der Waals surface area (Å²) in [5.74, 6) is 0.0487. The van der Waals surface area contributed by atoms with Crippen LogP contribution < -0.4 is 15.4 Å². The topological polar surface area (TPSA) is 72.0 Å². The molecule has 0 radical (unpaired) electrons. The number of hydrogen-bond donors (Lipinski definition) is 2. The predicted molar refractivity (Wildman–Crippen MR) is 94.7 cm³/mol. The highest BCUT2D eigenvalue weighted by molar-refractivity contribution is 5.56. The third kappa shape index (κ3) is 4.62. The van der Waals surface area contributed by atoms with Gasteiger partial charge in [-0.15, -0.1) is 5.10 Å². The van der Waals surface area contributed by atoms with Crippen LogP contribution in [0.3, 0.4) is 0 Å². The van der Waals surface area contributed by atoms with Crippen molar-refractivity contribution in [1.82, 2.24) is 15.2 Å². The highest BCUT2D eigenvalue weighted by Gasteiger charge is 2.06. The number of halogens is 2. The second-order valence-electron chi connectivity index (χ2n) is 5.44. The van der Waals surface area contributed by atoms with Crippen molar-refractivity contribution in [2.75, 3.05) is 24.3 Å². The molecule has 0 saturated carbocycles. The molecule has 3 rings (SSSR count). The summed E-state index contributed by atoms with van der Waals surface area (Å²) in [7, 11) is 1.62. The van der Waals surface area contributed by atoms with Crippen LogP contribution in [-0.2, 0) is 6.42 Å². The molecule has 6 nitrogen and oxygen atoms in total. The third-order valence-electron chi connectivity index (χ3n) is 3.58. The van der Waals surface area contributed by atoms with Crippen LogP contribution in [0.25, 0.3) is 0 Å². The average molecular weight is 357 g/mol. The Hall–Kier alpha value is -3.29. The first kappa shape index (κ1) is 17.5. The Kier molecular flexibility index (Phi) is 5.52. The quantitative estimate of drug-likeness (QED) is 0.674. The first-order valence-electron chi connectivity index (χ1n) is 7.92. The molecule has 0 saturated heterocycles. The van der Waals surface area contributed by atoms with E-state index in [9.17, 15) is 8.78 Å². The number of nitrogens with zero attached hydrogens (tertiary/aromatic N) is 3. The molecule has 0 bridgehead atoms. The van der Waals surface area contributed by atoms with E-state index in [1.807, 2.05) is 24.3 Å². The zero-order valence-electron chi connectivity index (χ0n) is 14.0. The lowest BCUT2D eigenvalue weighted by Gasteiger charge is -2.09. The maximum absolute atomic E-state index is 13.7. The number of anilines is 3. The minimum absolute atomic E-state index is 0.106. The zero-order valence-corrected chi connectivity index (χ0v) is 14.0. The monoisotopic (exact) mass is 357 g/mol. The molecular weight excluding hydrogens is 340 g/mol. The van der Waals surface area contributed by atoms with Crippen molar-refractivity contribution in [3.05, 3.63) is 65.9 Å². The van der Waals surface area contributed by atoms with Gasteiger partial charge in [-0.1, -0.05) is 12.1 Å². The fraction of sp³-hybridized carbons (Fsp3) is 0.167. The molecule has 134 valence electrons. The molecule has 0 atom stereocenters. The van der Waals surface area contributed by atoms with Gasteiger partial charge in [0.1, 0.15) is 17.4 Å². The van der Waals surface area contributed by atoms with Gasteiger partial charge in [0.2, 0.25) is 5.95 Å². The van der Waals surface area contributed by atoms with Gasteiger partial charge >= 0.3 is 0 Å². The van der Waals surface area contributed by atoms with Gasteiger partial charge in [-0.3, -0.25) is 0 Å². The summed E-state index contributed by atoms with van der Waals surface area (Å²) < 4.78 is 31.8. The number of nitrogens with one attached hydrogen (secondary N) is 2. The van der Waals surface area contributed by atoms with Crippen molar-refractivity contribution in [3.63, 3.8) is 0 Å². The molecule has 0 aliphatic carbocycles. The number of hydrogen-bond acceptors (Lipinski definition) is 6. The molecule has 0 fully saturated rings. The van der Waals surface area contributed by atoms with Crippen molar-refractivity contribution < 1.29 is 13.5 Å². The van der Waals surface area contributed by atoms with Crippen molar-refractivity contribution in [2.45, 2.75) is 6.42 Å². The number of ether oxygens (including phenoxy) is 1. The van der Waals surface area contributed by atoms with Crippen molar-refractivity contribution in [3.8, 4) is 5.75 Å². The molecule has 0 unspecified atom stereocenters. The Morgan fingerprint density at radius 3 is 2.81 bits per heavy atom. The Morgan fingerprint density at radius 1 is 1.12 bits per heavy atom. The van der Waals surface area contributed by atoms with E-state index in [-0.39, 0.29) is 5.69 Å². The van der Waals surface area contributed by atoms with E-state index in [1.165, 1.54) is 12.3 Å². The molecule has 2 N–H and O–H groups in total. The third-order valence-corrected chi connectivity index (χ3v) is 3.58. The van der Waals surface area contributed by atoms with E-state index in [2.05, 4.69) is 25.8 Å². The normalized spacial score (nSPS) is 10.4. The van der Waals surface area contributed by atoms with Crippen LogP contribution in [0.15, 0.2) is 48.7 Å².